The third-order valence-electron chi connectivity index (χ3n) is 2.77. The lowest BCUT2D eigenvalue weighted by atomic mass is 10.1. The second kappa shape index (κ2) is 5.53. The van der Waals surface area contributed by atoms with Crippen LogP contribution in [0.2, 0.25) is 5.02 Å². The summed E-state index contributed by atoms with van der Waals surface area (Å²) in [6.45, 7) is 3.49. The van der Waals surface area contributed by atoms with Gasteiger partial charge in [0.1, 0.15) is 0 Å². The van der Waals surface area contributed by atoms with E-state index in [-0.39, 0.29) is 6.61 Å². The predicted molar refractivity (Wildman–Crippen MR) is 65.3 cm³/mol. The van der Waals surface area contributed by atoms with Crippen molar-refractivity contribution in [1.82, 2.24) is 0 Å². The molecule has 1 aliphatic heterocycles. The number of morpholine rings is 1. The van der Waals surface area contributed by atoms with Crippen molar-refractivity contribution in [2.24, 2.45) is 0 Å². The third-order valence-corrected chi connectivity index (χ3v) is 3.01. The van der Waals surface area contributed by atoms with Gasteiger partial charge in [0.15, 0.2) is 0 Å². The van der Waals surface area contributed by atoms with Crippen LogP contribution in [0.4, 0.5) is 5.69 Å². The molecule has 1 aromatic carbocycles. The number of hydrogen-bond donors (Lipinski definition) is 1. The van der Waals surface area contributed by atoms with Crippen LogP contribution < -0.4 is 4.90 Å². The normalized spacial score (nSPS) is 16.5. The number of benzene rings is 1. The number of ether oxygens (including phenoxy) is 1. The molecule has 2 rings (SSSR count). The highest BCUT2D eigenvalue weighted by atomic mass is 35.5. The summed E-state index contributed by atoms with van der Waals surface area (Å²) in [5, 5.41) is 9.77. The average Bonchev–Trinajstić information content (AvgIpc) is 2.31. The first-order valence-electron chi connectivity index (χ1n) is 5.53. The molecule has 0 spiro atoms. The minimum atomic E-state index is 0.150. The second-order valence-corrected chi connectivity index (χ2v) is 4.28. The summed E-state index contributed by atoms with van der Waals surface area (Å²) in [6, 6.07) is 5.86. The van der Waals surface area contributed by atoms with E-state index in [4.69, 9.17) is 21.4 Å². The SMILES string of the molecule is OCCc1cc(Cl)ccc1N1CCOCC1. The van der Waals surface area contributed by atoms with E-state index in [1.54, 1.807) is 0 Å². The monoisotopic (exact) mass is 241 g/mol. The van der Waals surface area contributed by atoms with Gasteiger partial charge in [0.25, 0.3) is 0 Å². The molecule has 0 amide bonds. The van der Waals surface area contributed by atoms with E-state index in [0.717, 1.165) is 36.9 Å². The molecule has 0 saturated carbocycles. The Balaban J connectivity index is 2.23. The average molecular weight is 242 g/mol. The third kappa shape index (κ3) is 2.67. The lowest BCUT2D eigenvalue weighted by molar-refractivity contribution is 0.122. The maximum absolute atomic E-state index is 9.05. The second-order valence-electron chi connectivity index (χ2n) is 3.85. The Morgan fingerprint density at radius 2 is 2.06 bits per heavy atom. The van der Waals surface area contributed by atoms with Crippen molar-refractivity contribution in [2.45, 2.75) is 6.42 Å². The summed E-state index contributed by atoms with van der Waals surface area (Å²) >= 11 is 5.97. The lowest BCUT2D eigenvalue weighted by Gasteiger charge is -2.30. The van der Waals surface area contributed by atoms with Crippen molar-refractivity contribution in [3.63, 3.8) is 0 Å². The molecule has 3 nitrogen and oxygen atoms in total. The van der Waals surface area contributed by atoms with Gasteiger partial charge in [-0.2, -0.15) is 0 Å². The minimum Gasteiger partial charge on any atom is -0.396 e. The van der Waals surface area contributed by atoms with E-state index in [9.17, 15) is 0 Å². The number of aliphatic hydroxyl groups is 1. The summed E-state index contributed by atoms with van der Waals surface area (Å²) in [5.41, 5.74) is 2.28. The molecule has 16 heavy (non-hydrogen) atoms. The molecule has 0 aliphatic carbocycles. The van der Waals surface area contributed by atoms with Crippen LogP contribution in [0.5, 0.6) is 0 Å². The van der Waals surface area contributed by atoms with Crippen molar-refractivity contribution in [3.8, 4) is 0 Å². The zero-order chi connectivity index (χ0) is 11.4. The maximum Gasteiger partial charge on any atom is 0.0642 e. The first-order chi connectivity index (χ1) is 7.81. The Hall–Kier alpha value is -0.770. The largest absolute Gasteiger partial charge is 0.396 e. The van der Waals surface area contributed by atoms with Crippen molar-refractivity contribution in [2.75, 3.05) is 37.8 Å². The summed E-state index contributed by atoms with van der Waals surface area (Å²) in [6.07, 6.45) is 0.646. The highest BCUT2D eigenvalue weighted by Gasteiger charge is 2.14. The van der Waals surface area contributed by atoms with Gasteiger partial charge in [0.2, 0.25) is 0 Å². The van der Waals surface area contributed by atoms with Crippen molar-refractivity contribution < 1.29 is 9.84 Å². The van der Waals surface area contributed by atoms with Gasteiger partial charge in [0.05, 0.1) is 13.2 Å². The Kier molecular flexibility index (Phi) is 4.04. The van der Waals surface area contributed by atoms with E-state index < -0.39 is 0 Å². The van der Waals surface area contributed by atoms with Crippen molar-refractivity contribution in [3.05, 3.63) is 28.8 Å². The highest BCUT2D eigenvalue weighted by molar-refractivity contribution is 6.30. The summed E-state index contributed by atoms with van der Waals surface area (Å²) in [7, 11) is 0. The molecule has 1 fully saturated rings. The van der Waals surface area contributed by atoms with Gasteiger partial charge in [0, 0.05) is 30.4 Å². The lowest BCUT2D eigenvalue weighted by Crippen LogP contribution is -2.36. The molecule has 1 heterocycles. The Labute approximate surface area is 101 Å². The maximum atomic E-state index is 9.05. The topological polar surface area (TPSA) is 32.7 Å². The van der Waals surface area contributed by atoms with Crippen LogP contribution in [0.25, 0.3) is 0 Å². The highest BCUT2D eigenvalue weighted by Crippen LogP contribution is 2.25. The zero-order valence-corrected chi connectivity index (χ0v) is 9.91. The standard InChI is InChI=1S/C12H16ClNO2/c13-11-1-2-12(10(9-11)3-6-15)14-4-7-16-8-5-14/h1-2,9,15H,3-8H2. The first-order valence-corrected chi connectivity index (χ1v) is 5.91. The Bertz CT molecular complexity index is 351. The number of nitrogens with zero attached hydrogens (tertiary/aromatic N) is 1. The molecule has 1 aromatic rings. The van der Waals surface area contributed by atoms with Gasteiger partial charge in [-0.1, -0.05) is 11.6 Å². The van der Waals surface area contributed by atoms with E-state index in [1.165, 1.54) is 5.69 Å². The summed E-state index contributed by atoms with van der Waals surface area (Å²) in [5.74, 6) is 0. The van der Waals surface area contributed by atoms with E-state index in [0.29, 0.717) is 6.42 Å². The van der Waals surface area contributed by atoms with E-state index in [2.05, 4.69) is 4.90 Å². The molecule has 1 saturated heterocycles. The fourth-order valence-corrected chi connectivity index (χ4v) is 2.18. The van der Waals surface area contributed by atoms with Gasteiger partial charge in [-0.3, -0.25) is 0 Å². The Morgan fingerprint density at radius 1 is 1.31 bits per heavy atom. The van der Waals surface area contributed by atoms with Crippen LogP contribution in [-0.2, 0) is 11.2 Å². The van der Waals surface area contributed by atoms with Crippen LogP contribution in [0.1, 0.15) is 5.56 Å². The number of rotatable bonds is 3. The quantitative estimate of drug-likeness (QED) is 0.875. The molecule has 0 atom stereocenters. The molecular weight excluding hydrogens is 226 g/mol. The minimum absolute atomic E-state index is 0.150. The molecular formula is C12H16ClNO2. The molecule has 4 heteroatoms. The van der Waals surface area contributed by atoms with Crippen LogP contribution in [0.3, 0.4) is 0 Å². The molecule has 0 unspecified atom stereocenters. The number of hydrogen-bond acceptors (Lipinski definition) is 3. The van der Waals surface area contributed by atoms with Gasteiger partial charge in [-0.05, 0) is 30.2 Å². The first kappa shape index (κ1) is 11.7. The van der Waals surface area contributed by atoms with Crippen LogP contribution >= 0.6 is 11.6 Å². The van der Waals surface area contributed by atoms with Crippen molar-refractivity contribution in [1.29, 1.82) is 0 Å². The zero-order valence-electron chi connectivity index (χ0n) is 9.16. The molecule has 88 valence electrons. The number of halogens is 1. The van der Waals surface area contributed by atoms with E-state index in [1.807, 2.05) is 18.2 Å². The summed E-state index contributed by atoms with van der Waals surface area (Å²) < 4.78 is 5.33. The molecule has 0 aromatic heterocycles. The predicted octanol–water partition coefficient (Wildman–Crippen LogP) is 1.71. The number of aliphatic hydroxyl groups excluding tert-OH is 1. The fourth-order valence-electron chi connectivity index (χ4n) is 1.99. The van der Waals surface area contributed by atoms with Crippen LogP contribution in [0, 0.1) is 0 Å². The molecule has 1 N–H and O–H groups in total. The fraction of sp³-hybridized carbons (Fsp3) is 0.500. The Morgan fingerprint density at radius 3 is 2.75 bits per heavy atom. The molecule has 0 bridgehead atoms. The van der Waals surface area contributed by atoms with E-state index >= 15 is 0 Å². The van der Waals surface area contributed by atoms with Gasteiger partial charge < -0.3 is 14.7 Å². The number of anilines is 1. The summed E-state index contributed by atoms with van der Waals surface area (Å²) in [4.78, 5) is 2.28. The van der Waals surface area contributed by atoms with Crippen molar-refractivity contribution >= 4 is 17.3 Å². The smallest absolute Gasteiger partial charge is 0.0642 e. The van der Waals surface area contributed by atoms with Crippen LogP contribution in [-0.4, -0.2) is 38.0 Å². The molecule has 0 radical (unpaired) electrons. The molecule has 1 aliphatic rings. The van der Waals surface area contributed by atoms with Gasteiger partial charge >= 0.3 is 0 Å². The van der Waals surface area contributed by atoms with Gasteiger partial charge in [-0.25, -0.2) is 0 Å². The van der Waals surface area contributed by atoms with Crippen LogP contribution in [0.15, 0.2) is 18.2 Å². The van der Waals surface area contributed by atoms with Gasteiger partial charge in [-0.15, -0.1) is 0 Å².